The first-order valence-electron chi connectivity index (χ1n) is 4.08. The van der Waals surface area contributed by atoms with Crippen LogP contribution in [0.4, 0.5) is 0 Å². The zero-order chi connectivity index (χ0) is 10.7. The fourth-order valence-corrected chi connectivity index (χ4v) is 1.11. The molecule has 1 atom stereocenters. The summed E-state index contributed by atoms with van der Waals surface area (Å²) < 4.78 is 0. The molecule has 1 heterocycles. The lowest BCUT2D eigenvalue weighted by Crippen LogP contribution is -2.56. The van der Waals surface area contributed by atoms with Crippen molar-refractivity contribution in [3.8, 4) is 0 Å². The maximum absolute atomic E-state index is 11.1. The van der Waals surface area contributed by atoms with Gasteiger partial charge in [-0.3, -0.25) is 14.4 Å². The maximum atomic E-state index is 11.1. The maximum Gasteiger partial charge on any atom is 0.322 e. The molecule has 0 aromatic carbocycles. The summed E-state index contributed by atoms with van der Waals surface area (Å²) >= 11 is 0. The molecule has 1 aliphatic rings. The first kappa shape index (κ1) is 10.5. The second-order valence-electron chi connectivity index (χ2n) is 2.95. The number of nitrogens with zero attached hydrogens (tertiary/aromatic N) is 1. The van der Waals surface area contributed by atoms with Gasteiger partial charge in [-0.1, -0.05) is 0 Å². The number of hydrogen-bond acceptors (Lipinski definition) is 4. The van der Waals surface area contributed by atoms with Crippen LogP contribution < -0.4 is 11.1 Å². The van der Waals surface area contributed by atoms with Crippen molar-refractivity contribution in [1.29, 1.82) is 0 Å². The van der Waals surface area contributed by atoms with Crippen LogP contribution in [0, 0.1) is 0 Å². The molecule has 0 saturated carbocycles. The van der Waals surface area contributed by atoms with Crippen molar-refractivity contribution in [2.45, 2.75) is 6.04 Å². The summed E-state index contributed by atoms with van der Waals surface area (Å²) in [4.78, 5) is 33.5. The fourth-order valence-electron chi connectivity index (χ4n) is 1.11. The Morgan fingerprint density at radius 2 is 2.29 bits per heavy atom. The molecule has 7 heteroatoms. The van der Waals surface area contributed by atoms with Gasteiger partial charge in [-0.2, -0.15) is 0 Å². The van der Waals surface area contributed by atoms with Gasteiger partial charge >= 0.3 is 17.8 Å². The number of amides is 2. The minimum Gasteiger partial charge on any atom is -0.480 e. The number of carboxylic acid groups (broad SMARTS) is 1. The van der Waals surface area contributed by atoms with E-state index in [1.165, 1.54) is 0 Å². The lowest BCUT2D eigenvalue weighted by molar-refractivity contribution is -0.149. The van der Waals surface area contributed by atoms with Crippen LogP contribution in [-0.2, 0) is 14.4 Å². The molecule has 0 aromatic rings. The van der Waals surface area contributed by atoms with E-state index in [4.69, 9.17) is 10.8 Å². The van der Waals surface area contributed by atoms with Crippen LogP contribution in [0.1, 0.15) is 0 Å². The Bertz CT molecular complexity index is 278. The van der Waals surface area contributed by atoms with Gasteiger partial charge in [0.05, 0.1) is 0 Å². The van der Waals surface area contributed by atoms with E-state index in [0.29, 0.717) is 13.1 Å². The van der Waals surface area contributed by atoms with Crippen LogP contribution in [0.2, 0.25) is 0 Å². The molecule has 1 saturated heterocycles. The number of nitrogens with one attached hydrogen (secondary N) is 1. The van der Waals surface area contributed by atoms with Gasteiger partial charge in [-0.05, 0) is 0 Å². The van der Waals surface area contributed by atoms with E-state index in [-0.39, 0.29) is 6.54 Å². The van der Waals surface area contributed by atoms with Crippen molar-refractivity contribution in [3.63, 3.8) is 0 Å². The molecule has 1 aliphatic heterocycles. The van der Waals surface area contributed by atoms with Gasteiger partial charge in [0.2, 0.25) is 0 Å². The highest BCUT2D eigenvalue weighted by molar-refractivity contribution is 6.35. The van der Waals surface area contributed by atoms with Crippen LogP contribution in [0.3, 0.4) is 0 Å². The third kappa shape index (κ3) is 2.19. The fraction of sp³-hybridized carbons (Fsp3) is 0.571. The average Bonchev–Trinajstić information content (AvgIpc) is 2.12. The minimum absolute atomic E-state index is 0.137. The van der Waals surface area contributed by atoms with Crippen molar-refractivity contribution in [1.82, 2.24) is 10.2 Å². The van der Waals surface area contributed by atoms with E-state index in [2.05, 4.69) is 5.32 Å². The number of rotatable bonds is 3. The number of aliphatic carboxylic acids is 1. The third-order valence-corrected chi connectivity index (χ3v) is 1.88. The van der Waals surface area contributed by atoms with Gasteiger partial charge in [0.1, 0.15) is 6.04 Å². The molecule has 7 nitrogen and oxygen atoms in total. The van der Waals surface area contributed by atoms with Gasteiger partial charge < -0.3 is 21.1 Å². The molecule has 0 aromatic heterocycles. The van der Waals surface area contributed by atoms with Crippen LogP contribution >= 0.6 is 0 Å². The molecule has 0 radical (unpaired) electrons. The van der Waals surface area contributed by atoms with Crippen molar-refractivity contribution in [3.05, 3.63) is 0 Å². The quantitative estimate of drug-likeness (QED) is 0.432. The van der Waals surface area contributed by atoms with Crippen LogP contribution in [0.25, 0.3) is 0 Å². The lowest BCUT2D eigenvalue weighted by Gasteiger charge is -2.27. The summed E-state index contributed by atoms with van der Waals surface area (Å²) in [7, 11) is 0. The molecule has 1 fully saturated rings. The van der Waals surface area contributed by atoms with E-state index in [0.717, 1.165) is 4.90 Å². The van der Waals surface area contributed by atoms with Gasteiger partial charge in [-0.25, -0.2) is 0 Å². The Kier molecular flexibility index (Phi) is 3.03. The van der Waals surface area contributed by atoms with Gasteiger partial charge in [0.25, 0.3) is 0 Å². The molecule has 4 N–H and O–H groups in total. The van der Waals surface area contributed by atoms with Crippen LogP contribution in [0.15, 0.2) is 0 Å². The molecule has 14 heavy (non-hydrogen) atoms. The van der Waals surface area contributed by atoms with E-state index in [1.54, 1.807) is 0 Å². The highest BCUT2D eigenvalue weighted by Gasteiger charge is 2.28. The summed E-state index contributed by atoms with van der Waals surface area (Å²) in [6.45, 7) is 0.490. The number of hydrogen-bond donors (Lipinski definition) is 3. The minimum atomic E-state index is -1.19. The smallest absolute Gasteiger partial charge is 0.322 e. The normalized spacial score (nSPS) is 19.1. The highest BCUT2D eigenvalue weighted by atomic mass is 16.4. The van der Waals surface area contributed by atoms with E-state index < -0.39 is 23.8 Å². The molecule has 0 spiro atoms. The van der Waals surface area contributed by atoms with Gasteiger partial charge in [0.15, 0.2) is 0 Å². The Labute approximate surface area is 79.9 Å². The molecular formula is C7H11N3O4. The van der Waals surface area contributed by atoms with E-state index >= 15 is 0 Å². The predicted octanol–water partition coefficient (Wildman–Crippen LogP) is -2.64. The largest absolute Gasteiger partial charge is 0.480 e. The predicted molar refractivity (Wildman–Crippen MR) is 45.2 cm³/mol. The van der Waals surface area contributed by atoms with E-state index in [1.807, 2.05) is 0 Å². The lowest BCUT2D eigenvalue weighted by atomic mass is 10.2. The molecule has 2 amide bonds. The Hall–Kier alpha value is -1.63. The summed E-state index contributed by atoms with van der Waals surface area (Å²) in [5.74, 6) is -2.63. The highest BCUT2D eigenvalue weighted by Crippen LogP contribution is 1.97. The van der Waals surface area contributed by atoms with Crippen molar-refractivity contribution in [2.75, 3.05) is 19.6 Å². The Balaban J connectivity index is 2.55. The Morgan fingerprint density at radius 1 is 1.64 bits per heavy atom. The number of piperazine rings is 1. The first-order valence-corrected chi connectivity index (χ1v) is 4.08. The first-order chi connectivity index (χ1) is 6.52. The summed E-state index contributed by atoms with van der Waals surface area (Å²) in [6.07, 6.45) is 0. The van der Waals surface area contributed by atoms with E-state index in [9.17, 15) is 14.4 Å². The summed E-state index contributed by atoms with van der Waals surface area (Å²) in [5, 5.41) is 10.8. The van der Waals surface area contributed by atoms with Crippen LogP contribution in [-0.4, -0.2) is 53.5 Å². The monoisotopic (exact) mass is 201 g/mol. The average molecular weight is 201 g/mol. The number of carboxylic acids is 1. The standard InChI is InChI=1S/C7H11N3O4/c8-4(7(13)14)3-10-2-1-9-5(11)6(10)12/h4H,1-3,8H2,(H,9,11)(H,13,14). The second kappa shape index (κ2) is 4.05. The molecule has 0 aliphatic carbocycles. The SMILES string of the molecule is NC(CN1CCNC(=O)C1=O)C(=O)O. The third-order valence-electron chi connectivity index (χ3n) is 1.88. The van der Waals surface area contributed by atoms with Crippen molar-refractivity contribution >= 4 is 17.8 Å². The van der Waals surface area contributed by atoms with Gasteiger partial charge in [0, 0.05) is 19.6 Å². The van der Waals surface area contributed by atoms with Crippen LogP contribution in [0.5, 0.6) is 0 Å². The zero-order valence-corrected chi connectivity index (χ0v) is 7.40. The topological polar surface area (TPSA) is 113 Å². The second-order valence-corrected chi connectivity index (χ2v) is 2.95. The summed E-state index contributed by atoms with van der Waals surface area (Å²) in [6, 6.07) is -1.15. The number of nitrogens with two attached hydrogens (primary N) is 1. The molecule has 1 rings (SSSR count). The number of carbonyl (C=O) groups excluding carboxylic acids is 2. The Morgan fingerprint density at radius 3 is 2.86 bits per heavy atom. The van der Waals surface area contributed by atoms with Crippen molar-refractivity contribution < 1.29 is 19.5 Å². The zero-order valence-electron chi connectivity index (χ0n) is 7.40. The molecule has 0 bridgehead atoms. The number of carbonyl (C=O) groups is 3. The summed E-state index contributed by atoms with van der Waals surface area (Å²) in [5.41, 5.74) is 5.23. The molecular weight excluding hydrogens is 190 g/mol. The molecule has 1 unspecified atom stereocenters. The van der Waals surface area contributed by atoms with Crippen molar-refractivity contribution in [2.24, 2.45) is 5.73 Å². The molecule has 78 valence electrons. The van der Waals surface area contributed by atoms with Gasteiger partial charge in [-0.15, -0.1) is 0 Å².